The van der Waals surface area contributed by atoms with Gasteiger partial charge < -0.3 is 10.3 Å². The number of hydrogen-bond acceptors (Lipinski definition) is 6. The van der Waals surface area contributed by atoms with Crippen LogP contribution in [-0.2, 0) is 10.0 Å². The lowest BCUT2D eigenvalue weighted by molar-refractivity contribution is 0.329. The molecule has 0 bridgehead atoms. The van der Waals surface area contributed by atoms with Crippen molar-refractivity contribution in [1.82, 2.24) is 24.2 Å². The van der Waals surface area contributed by atoms with Gasteiger partial charge in [0.15, 0.2) is 5.65 Å². The Bertz CT molecular complexity index is 1080. The van der Waals surface area contributed by atoms with Gasteiger partial charge in [0.1, 0.15) is 16.5 Å². The van der Waals surface area contributed by atoms with Crippen LogP contribution in [0.5, 0.6) is 0 Å². The van der Waals surface area contributed by atoms with Crippen LogP contribution in [0.2, 0.25) is 5.15 Å². The highest BCUT2D eigenvalue weighted by Gasteiger charge is 2.26. The van der Waals surface area contributed by atoms with Crippen LogP contribution >= 0.6 is 11.6 Å². The zero-order valence-electron chi connectivity index (χ0n) is 14.7. The summed E-state index contributed by atoms with van der Waals surface area (Å²) in [7, 11) is -3.20. The van der Waals surface area contributed by atoms with Crippen LogP contribution in [0.25, 0.3) is 22.3 Å². The van der Waals surface area contributed by atoms with Crippen molar-refractivity contribution in [2.45, 2.75) is 18.9 Å². The molecule has 8 nitrogen and oxygen atoms in total. The van der Waals surface area contributed by atoms with E-state index in [0.717, 1.165) is 29.5 Å². The van der Waals surface area contributed by atoms with Crippen LogP contribution in [0.1, 0.15) is 12.8 Å². The van der Waals surface area contributed by atoms with Crippen molar-refractivity contribution in [3.63, 3.8) is 0 Å². The molecule has 1 aliphatic heterocycles. The molecule has 3 aromatic heterocycles. The fourth-order valence-electron chi connectivity index (χ4n) is 3.37. The first-order chi connectivity index (χ1) is 12.9. The molecular formula is C17H19ClN6O2S. The summed E-state index contributed by atoms with van der Waals surface area (Å²) in [5.74, 6) is 0.607. The largest absolute Gasteiger partial charge is 0.366 e. The van der Waals surface area contributed by atoms with E-state index in [-0.39, 0.29) is 6.04 Å². The van der Waals surface area contributed by atoms with Gasteiger partial charge in [0, 0.05) is 43.3 Å². The van der Waals surface area contributed by atoms with Gasteiger partial charge in [-0.05, 0) is 30.5 Å². The van der Waals surface area contributed by atoms with E-state index in [1.807, 2.05) is 12.3 Å². The number of halogens is 1. The highest BCUT2D eigenvalue weighted by molar-refractivity contribution is 7.88. The maximum Gasteiger partial charge on any atom is 0.211 e. The molecule has 3 aromatic rings. The third-order valence-electron chi connectivity index (χ3n) is 4.62. The predicted octanol–water partition coefficient (Wildman–Crippen LogP) is 2.51. The van der Waals surface area contributed by atoms with Crippen molar-refractivity contribution < 1.29 is 8.42 Å². The SMILES string of the molecule is CS(=O)(=O)N1CCCC(Nc2cc(-c3c[nH]c4nccnc34)cc(Cl)n2)C1. The summed E-state index contributed by atoms with van der Waals surface area (Å²) in [6.45, 7) is 0.972. The van der Waals surface area contributed by atoms with Crippen molar-refractivity contribution in [1.29, 1.82) is 0 Å². The van der Waals surface area contributed by atoms with Gasteiger partial charge in [-0.2, -0.15) is 0 Å². The highest BCUT2D eigenvalue weighted by Crippen LogP contribution is 2.30. The van der Waals surface area contributed by atoms with Crippen LogP contribution in [0.15, 0.2) is 30.7 Å². The topological polar surface area (TPSA) is 104 Å². The van der Waals surface area contributed by atoms with Gasteiger partial charge in [0.2, 0.25) is 10.0 Å². The fraction of sp³-hybridized carbons (Fsp3) is 0.353. The van der Waals surface area contributed by atoms with Gasteiger partial charge in [-0.1, -0.05) is 11.6 Å². The molecule has 1 aliphatic rings. The van der Waals surface area contributed by atoms with Crippen LogP contribution in [0, 0.1) is 0 Å². The molecule has 0 aliphatic carbocycles. The number of nitrogens with one attached hydrogen (secondary N) is 2. The molecular weight excluding hydrogens is 388 g/mol. The first-order valence-corrected chi connectivity index (χ1v) is 10.8. The molecule has 1 fully saturated rings. The molecule has 10 heteroatoms. The van der Waals surface area contributed by atoms with Crippen molar-refractivity contribution in [2.24, 2.45) is 0 Å². The number of aromatic amines is 1. The number of H-pyrrole nitrogens is 1. The van der Waals surface area contributed by atoms with Gasteiger partial charge in [-0.3, -0.25) is 4.98 Å². The van der Waals surface area contributed by atoms with Gasteiger partial charge in [-0.15, -0.1) is 0 Å². The number of piperidine rings is 1. The zero-order chi connectivity index (χ0) is 19.0. The number of pyridine rings is 1. The monoisotopic (exact) mass is 406 g/mol. The minimum absolute atomic E-state index is 0.0185. The summed E-state index contributed by atoms with van der Waals surface area (Å²) in [4.78, 5) is 16.1. The predicted molar refractivity (Wildman–Crippen MR) is 105 cm³/mol. The van der Waals surface area contributed by atoms with Gasteiger partial charge in [0.05, 0.1) is 6.26 Å². The highest BCUT2D eigenvalue weighted by atomic mass is 35.5. The number of anilines is 1. The van der Waals surface area contributed by atoms with E-state index < -0.39 is 10.0 Å². The Morgan fingerprint density at radius 2 is 2.11 bits per heavy atom. The second-order valence-electron chi connectivity index (χ2n) is 6.62. The van der Waals surface area contributed by atoms with Crippen LogP contribution in [0.3, 0.4) is 0 Å². The van der Waals surface area contributed by atoms with E-state index in [1.165, 1.54) is 10.6 Å². The smallest absolute Gasteiger partial charge is 0.211 e. The molecule has 1 atom stereocenters. The molecule has 0 saturated carbocycles. The molecule has 4 rings (SSSR count). The lowest BCUT2D eigenvalue weighted by Crippen LogP contribution is -2.44. The number of hydrogen-bond donors (Lipinski definition) is 2. The number of nitrogens with zero attached hydrogens (tertiary/aromatic N) is 4. The molecule has 0 aromatic carbocycles. The third-order valence-corrected chi connectivity index (χ3v) is 6.08. The van der Waals surface area contributed by atoms with E-state index in [9.17, 15) is 8.42 Å². The van der Waals surface area contributed by atoms with Crippen LogP contribution in [-0.4, -0.2) is 58.0 Å². The van der Waals surface area contributed by atoms with E-state index in [0.29, 0.717) is 29.7 Å². The number of aromatic nitrogens is 4. The Hall–Kier alpha value is -2.23. The molecule has 1 saturated heterocycles. The summed E-state index contributed by atoms with van der Waals surface area (Å²) in [5, 5.41) is 3.68. The average molecular weight is 407 g/mol. The molecule has 0 radical (unpaired) electrons. The maximum absolute atomic E-state index is 11.8. The summed E-state index contributed by atoms with van der Waals surface area (Å²) in [6, 6.07) is 3.64. The maximum atomic E-state index is 11.8. The molecule has 0 spiro atoms. The Morgan fingerprint density at radius 3 is 2.93 bits per heavy atom. The Labute approximate surface area is 162 Å². The molecule has 142 valence electrons. The summed E-state index contributed by atoms with van der Waals surface area (Å²) >= 11 is 6.23. The summed E-state index contributed by atoms with van der Waals surface area (Å²) in [5.41, 5.74) is 3.20. The fourth-order valence-corrected chi connectivity index (χ4v) is 4.49. The molecule has 27 heavy (non-hydrogen) atoms. The Morgan fingerprint density at radius 1 is 1.30 bits per heavy atom. The van der Waals surface area contributed by atoms with Crippen LogP contribution < -0.4 is 5.32 Å². The van der Waals surface area contributed by atoms with Crippen LogP contribution in [0.4, 0.5) is 5.82 Å². The number of sulfonamides is 1. The average Bonchev–Trinajstić information content (AvgIpc) is 3.05. The number of rotatable bonds is 4. The normalized spacial score (nSPS) is 18.7. The Kier molecular flexibility index (Phi) is 4.75. The van der Waals surface area contributed by atoms with E-state index in [2.05, 4.69) is 25.3 Å². The van der Waals surface area contributed by atoms with E-state index in [4.69, 9.17) is 11.6 Å². The van der Waals surface area contributed by atoms with Crippen molar-refractivity contribution >= 4 is 38.6 Å². The lowest BCUT2D eigenvalue weighted by atomic mass is 10.1. The minimum Gasteiger partial charge on any atom is -0.366 e. The minimum atomic E-state index is -3.20. The Balaban J connectivity index is 1.61. The van der Waals surface area contributed by atoms with Gasteiger partial charge >= 0.3 is 0 Å². The quantitative estimate of drug-likeness (QED) is 0.645. The van der Waals surface area contributed by atoms with Crippen molar-refractivity contribution in [3.05, 3.63) is 35.9 Å². The van der Waals surface area contributed by atoms with Gasteiger partial charge in [0.25, 0.3) is 0 Å². The molecule has 1 unspecified atom stereocenters. The van der Waals surface area contributed by atoms with Gasteiger partial charge in [-0.25, -0.2) is 22.7 Å². The second kappa shape index (κ2) is 7.06. The number of fused-ring (bicyclic) bond motifs is 1. The molecule has 0 amide bonds. The third kappa shape index (κ3) is 3.90. The summed E-state index contributed by atoms with van der Waals surface area (Å²) in [6.07, 6.45) is 8.02. The van der Waals surface area contributed by atoms with Crippen molar-refractivity contribution in [2.75, 3.05) is 24.7 Å². The lowest BCUT2D eigenvalue weighted by Gasteiger charge is -2.31. The van der Waals surface area contributed by atoms with E-state index in [1.54, 1.807) is 18.5 Å². The second-order valence-corrected chi connectivity index (χ2v) is 8.99. The zero-order valence-corrected chi connectivity index (χ0v) is 16.3. The molecule has 4 heterocycles. The first kappa shape index (κ1) is 18.1. The van der Waals surface area contributed by atoms with E-state index >= 15 is 0 Å². The first-order valence-electron chi connectivity index (χ1n) is 8.58. The molecule has 2 N–H and O–H groups in total. The van der Waals surface area contributed by atoms with Crippen molar-refractivity contribution in [3.8, 4) is 11.1 Å². The standard InChI is InChI=1S/C17H19ClN6O2S/c1-27(25,26)24-6-2-3-12(10-24)22-15-8-11(7-14(18)23-15)13-9-21-17-16(13)19-4-5-20-17/h4-5,7-9,12H,2-3,6,10H2,1H3,(H,20,21)(H,22,23). The summed E-state index contributed by atoms with van der Waals surface area (Å²) < 4.78 is 25.1.